The maximum Gasteiger partial charge on any atom is 0.408 e. The van der Waals surface area contributed by atoms with Crippen molar-refractivity contribution in [3.63, 3.8) is 0 Å². The first-order valence-electron chi connectivity index (χ1n) is 7.59. The van der Waals surface area contributed by atoms with E-state index < -0.39 is 35.1 Å². The van der Waals surface area contributed by atoms with Gasteiger partial charge in [0.25, 0.3) is 0 Å². The highest BCUT2D eigenvalue weighted by Gasteiger charge is 2.32. The van der Waals surface area contributed by atoms with Gasteiger partial charge in [0, 0.05) is 0 Å². The average molecular weight is 335 g/mol. The van der Waals surface area contributed by atoms with Gasteiger partial charge in [-0.1, -0.05) is 30.3 Å². The van der Waals surface area contributed by atoms with Crippen molar-refractivity contribution in [2.45, 2.75) is 51.8 Å². The molecule has 24 heavy (non-hydrogen) atoms. The van der Waals surface area contributed by atoms with Crippen LogP contribution in [0.15, 0.2) is 30.3 Å². The maximum atomic E-state index is 12.6. The van der Waals surface area contributed by atoms with E-state index in [9.17, 15) is 14.4 Å². The number of hydrogen-bond acceptors (Lipinski definition) is 4. The van der Waals surface area contributed by atoms with E-state index in [2.05, 4.69) is 10.6 Å². The molecule has 0 saturated carbocycles. The highest BCUT2D eigenvalue weighted by molar-refractivity contribution is 5.93. The molecule has 0 radical (unpaired) electrons. The molecule has 1 unspecified atom stereocenters. The van der Waals surface area contributed by atoms with Crippen molar-refractivity contribution in [2.75, 3.05) is 0 Å². The van der Waals surface area contributed by atoms with E-state index in [0.29, 0.717) is 5.56 Å². The van der Waals surface area contributed by atoms with Crippen molar-refractivity contribution in [1.29, 1.82) is 0 Å². The van der Waals surface area contributed by atoms with E-state index in [1.54, 1.807) is 51.1 Å². The number of rotatable bonds is 5. The predicted molar refractivity (Wildman–Crippen MR) is 90.0 cm³/mol. The summed E-state index contributed by atoms with van der Waals surface area (Å²) in [7, 11) is 0. The van der Waals surface area contributed by atoms with Gasteiger partial charge in [-0.15, -0.1) is 0 Å². The third-order valence-corrected chi connectivity index (χ3v) is 3.11. The fraction of sp³-hybridized carbons (Fsp3) is 0.471. The molecule has 0 aliphatic carbocycles. The number of primary amides is 1. The van der Waals surface area contributed by atoms with Gasteiger partial charge in [0.05, 0.1) is 0 Å². The third kappa shape index (κ3) is 5.91. The van der Waals surface area contributed by atoms with E-state index in [1.165, 1.54) is 13.8 Å². The molecule has 7 heteroatoms. The van der Waals surface area contributed by atoms with Crippen LogP contribution in [0.25, 0.3) is 0 Å². The van der Waals surface area contributed by atoms with Crippen LogP contribution in [-0.2, 0) is 14.3 Å². The van der Waals surface area contributed by atoms with Gasteiger partial charge in [-0.25, -0.2) is 4.79 Å². The highest BCUT2D eigenvalue weighted by atomic mass is 16.6. The van der Waals surface area contributed by atoms with Crippen LogP contribution in [0.3, 0.4) is 0 Å². The second-order valence-corrected chi connectivity index (χ2v) is 6.97. The molecular weight excluding hydrogens is 310 g/mol. The Balaban J connectivity index is 3.01. The van der Waals surface area contributed by atoms with Crippen LogP contribution in [0.1, 0.15) is 46.2 Å². The van der Waals surface area contributed by atoms with Gasteiger partial charge in [0.15, 0.2) is 0 Å². The number of carbonyl (C=O) groups is 3. The topological polar surface area (TPSA) is 111 Å². The van der Waals surface area contributed by atoms with Crippen LogP contribution in [0, 0.1) is 0 Å². The summed E-state index contributed by atoms with van der Waals surface area (Å²) in [6, 6.07) is 7.65. The molecule has 0 aliphatic rings. The van der Waals surface area contributed by atoms with Crippen molar-refractivity contribution in [1.82, 2.24) is 10.6 Å². The first kappa shape index (κ1) is 19.5. The second kappa shape index (κ2) is 7.33. The summed E-state index contributed by atoms with van der Waals surface area (Å²) in [5.74, 6) is -1.24. The lowest BCUT2D eigenvalue weighted by molar-refractivity contribution is -0.131. The molecule has 3 amide bonds. The van der Waals surface area contributed by atoms with Gasteiger partial charge < -0.3 is 21.1 Å². The molecule has 1 aromatic rings. The predicted octanol–water partition coefficient (Wildman–Crippen LogP) is 1.63. The normalized spacial score (nSPS) is 12.9. The minimum atomic E-state index is -1.25. The van der Waals surface area contributed by atoms with Crippen molar-refractivity contribution in [3.05, 3.63) is 35.9 Å². The Morgan fingerprint density at radius 1 is 1.04 bits per heavy atom. The van der Waals surface area contributed by atoms with E-state index in [-0.39, 0.29) is 0 Å². The van der Waals surface area contributed by atoms with Crippen LogP contribution < -0.4 is 16.4 Å². The van der Waals surface area contributed by atoms with Crippen LogP contribution in [0.4, 0.5) is 4.79 Å². The quantitative estimate of drug-likeness (QED) is 0.759. The first-order chi connectivity index (χ1) is 10.9. The Kier molecular flexibility index (Phi) is 5.95. The molecular formula is C17H25N3O4. The van der Waals surface area contributed by atoms with Crippen LogP contribution >= 0.6 is 0 Å². The Morgan fingerprint density at radius 3 is 2.04 bits per heavy atom. The van der Waals surface area contributed by atoms with Gasteiger partial charge in [-0.05, 0) is 40.2 Å². The summed E-state index contributed by atoms with van der Waals surface area (Å²) in [5.41, 5.74) is 3.88. The van der Waals surface area contributed by atoms with Crippen LogP contribution in [0.2, 0.25) is 0 Å². The van der Waals surface area contributed by atoms with Crippen molar-refractivity contribution in [3.8, 4) is 0 Å². The number of alkyl carbamates (subject to hydrolysis) is 1. The smallest absolute Gasteiger partial charge is 0.408 e. The minimum Gasteiger partial charge on any atom is -0.444 e. The van der Waals surface area contributed by atoms with Gasteiger partial charge in [-0.3, -0.25) is 9.59 Å². The molecule has 0 bridgehead atoms. The van der Waals surface area contributed by atoms with Gasteiger partial charge in [-0.2, -0.15) is 0 Å². The summed E-state index contributed by atoms with van der Waals surface area (Å²) >= 11 is 0. The highest BCUT2D eigenvalue weighted by Crippen LogP contribution is 2.16. The summed E-state index contributed by atoms with van der Waals surface area (Å²) in [6.45, 7) is 8.15. The van der Waals surface area contributed by atoms with E-state index >= 15 is 0 Å². The number of amides is 3. The number of ether oxygens (including phenoxy) is 1. The third-order valence-electron chi connectivity index (χ3n) is 3.11. The summed E-state index contributed by atoms with van der Waals surface area (Å²) in [5, 5.41) is 5.06. The van der Waals surface area contributed by atoms with Crippen LogP contribution in [-0.4, -0.2) is 29.0 Å². The lowest BCUT2D eigenvalue weighted by atomic mass is 10.0. The largest absolute Gasteiger partial charge is 0.444 e. The molecule has 0 aromatic heterocycles. The standard InChI is InChI=1S/C17H25N3O4/c1-16(2,3)24-15(23)19-12(11-9-7-6-8-10-11)13(21)20-17(4,5)14(18)22/h6-10,12H,1-5H3,(H2,18,22)(H,19,23)(H,20,21). The number of benzene rings is 1. The molecule has 1 aromatic carbocycles. The summed E-state index contributed by atoms with van der Waals surface area (Å²) in [6.07, 6.45) is -0.733. The fourth-order valence-electron chi connectivity index (χ4n) is 1.81. The molecule has 1 rings (SSSR count). The lowest BCUT2D eigenvalue weighted by Crippen LogP contribution is -2.56. The van der Waals surface area contributed by atoms with Crippen LogP contribution in [0.5, 0.6) is 0 Å². The Labute approximate surface area is 141 Å². The monoisotopic (exact) mass is 335 g/mol. The molecule has 132 valence electrons. The Morgan fingerprint density at radius 2 is 1.58 bits per heavy atom. The van der Waals surface area contributed by atoms with E-state index in [0.717, 1.165) is 0 Å². The van der Waals surface area contributed by atoms with Gasteiger partial charge >= 0.3 is 6.09 Å². The maximum absolute atomic E-state index is 12.6. The fourth-order valence-corrected chi connectivity index (χ4v) is 1.81. The molecule has 0 aliphatic heterocycles. The second-order valence-electron chi connectivity index (χ2n) is 6.97. The zero-order valence-electron chi connectivity index (χ0n) is 14.7. The van der Waals surface area contributed by atoms with Gasteiger partial charge in [0.1, 0.15) is 17.2 Å². The number of hydrogen-bond donors (Lipinski definition) is 3. The number of nitrogens with one attached hydrogen (secondary N) is 2. The van der Waals surface area contributed by atoms with E-state index in [4.69, 9.17) is 10.5 Å². The molecule has 4 N–H and O–H groups in total. The molecule has 1 atom stereocenters. The number of nitrogens with two attached hydrogens (primary N) is 1. The molecule has 7 nitrogen and oxygen atoms in total. The van der Waals surface area contributed by atoms with E-state index in [1.807, 2.05) is 0 Å². The SMILES string of the molecule is CC(C)(C)OC(=O)NC(C(=O)NC(C)(C)C(N)=O)c1ccccc1. The summed E-state index contributed by atoms with van der Waals surface area (Å²) < 4.78 is 5.20. The summed E-state index contributed by atoms with van der Waals surface area (Å²) in [4.78, 5) is 36.0. The minimum absolute atomic E-state index is 0.557. The first-order valence-corrected chi connectivity index (χ1v) is 7.59. The zero-order valence-corrected chi connectivity index (χ0v) is 14.7. The van der Waals surface area contributed by atoms with Gasteiger partial charge in [0.2, 0.25) is 11.8 Å². The van der Waals surface area contributed by atoms with Crippen molar-refractivity contribution >= 4 is 17.9 Å². The Bertz CT molecular complexity index is 606. The lowest BCUT2D eigenvalue weighted by Gasteiger charge is -2.27. The molecule has 0 spiro atoms. The zero-order chi connectivity index (χ0) is 18.5. The van der Waals surface area contributed by atoms with Crippen molar-refractivity contribution in [2.24, 2.45) is 5.73 Å². The molecule has 0 heterocycles. The Hall–Kier alpha value is -2.57. The molecule has 0 fully saturated rings. The van der Waals surface area contributed by atoms with Crippen molar-refractivity contribution < 1.29 is 19.1 Å². The number of carbonyl (C=O) groups excluding carboxylic acids is 3. The molecule has 0 saturated heterocycles. The average Bonchev–Trinajstić information content (AvgIpc) is 2.43.